The molecule has 80 heavy (non-hydrogen) atoms. The summed E-state index contributed by atoms with van der Waals surface area (Å²) in [5.74, 6) is 6.74. The number of nitrogens with two attached hydrogens (primary N) is 1. The summed E-state index contributed by atoms with van der Waals surface area (Å²) in [6, 6.07) is 28.2. The number of hydrogen-bond donors (Lipinski definition) is 1. The van der Waals surface area contributed by atoms with Crippen LogP contribution in [0.1, 0.15) is 6.42 Å². The summed E-state index contributed by atoms with van der Waals surface area (Å²) in [5, 5.41) is 0. The normalized spacial score (nSPS) is 16.7. The largest absolute Gasteiger partial charge is 0.768 e. The van der Waals surface area contributed by atoms with Crippen molar-refractivity contribution in [2.45, 2.75) is 30.9 Å². The van der Waals surface area contributed by atoms with Crippen molar-refractivity contribution >= 4 is 67.5 Å². The van der Waals surface area contributed by atoms with E-state index in [0.717, 1.165) is 111 Å². The molecule has 5 atom stereocenters. The van der Waals surface area contributed by atoms with Crippen molar-refractivity contribution in [1.29, 1.82) is 0 Å². The van der Waals surface area contributed by atoms with Crippen LogP contribution in [0.15, 0.2) is 151 Å². The first-order chi connectivity index (χ1) is 38.8. The number of pyridine rings is 1. The fourth-order valence-corrected chi connectivity index (χ4v) is 8.65. The summed E-state index contributed by atoms with van der Waals surface area (Å²) in [7, 11) is 0. The summed E-state index contributed by atoms with van der Waals surface area (Å²) in [4.78, 5) is 19.7. The molecule has 24 nitrogen and oxygen atoms in total. The fourth-order valence-electron chi connectivity index (χ4n) is 6.88. The second-order valence-electron chi connectivity index (χ2n) is 16.5. The Hall–Kier alpha value is -4.87. The zero-order chi connectivity index (χ0) is 57.6. The zero-order valence-corrected chi connectivity index (χ0v) is 47.8. The van der Waals surface area contributed by atoms with E-state index in [9.17, 15) is 43.8 Å². The number of rotatable bonds is 23. The van der Waals surface area contributed by atoms with Crippen molar-refractivity contribution in [3.63, 3.8) is 0 Å². The minimum Gasteiger partial charge on any atom is -0.768 e. The molecule has 442 valence electrons. The van der Waals surface area contributed by atoms with Gasteiger partial charge in [-0.3, -0.25) is 40.7 Å². The molecule has 2 N–H and O–H groups in total. The predicted octanol–water partition coefficient (Wildman–Crippen LogP) is 3.11. The van der Waals surface area contributed by atoms with Gasteiger partial charge in [0.05, 0.1) is 65.1 Å². The molecular weight excluding hydrogens is 1140 g/mol. The summed E-state index contributed by atoms with van der Waals surface area (Å²) in [6.07, 6.45) is 4.83. The Morgan fingerprint density at radius 1 is 0.475 bits per heavy atom. The third kappa shape index (κ3) is 29.7. The van der Waals surface area contributed by atoms with Gasteiger partial charge < -0.3 is 60.8 Å². The molecule has 0 aliphatic carbocycles. The van der Waals surface area contributed by atoms with Crippen LogP contribution in [-0.2, 0) is 79.2 Å². The Balaban J connectivity index is 0.000000220. The van der Waals surface area contributed by atoms with Gasteiger partial charge in [-0.05, 0) is 171 Å². The van der Waals surface area contributed by atoms with Crippen molar-refractivity contribution in [2.24, 2.45) is 10.9 Å². The third-order valence-corrected chi connectivity index (χ3v) is 14.3. The van der Waals surface area contributed by atoms with Gasteiger partial charge in [-0.2, -0.15) is 5.90 Å². The van der Waals surface area contributed by atoms with Crippen molar-refractivity contribution < 1.29 is 81.8 Å². The average molecular weight is 1210 g/mol. The van der Waals surface area contributed by atoms with Crippen LogP contribution in [0.25, 0.3) is 0 Å². The van der Waals surface area contributed by atoms with Gasteiger partial charge in [0.2, 0.25) is 6.40 Å². The lowest BCUT2D eigenvalue weighted by Gasteiger charge is -2.26. The molecule has 1 aromatic heterocycles. The van der Waals surface area contributed by atoms with Crippen LogP contribution in [0.3, 0.4) is 0 Å². The number of benzene rings is 4. The number of hydrogen-bond acceptors (Lipinski definition) is 24. The molecular formula is C51H65N6O18S5-5. The highest BCUT2D eigenvalue weighted by Gasteiger charge is 2.12. The first-order valence-corrected chi connectivity index (χ1v) is 30.2. The van der Waals surface area contributed by atoms with Gasteiger partial charge in [0.25, 0.3) is 0 Å². The molecule has 3 aliphatic heterocycles. The summed E-state index contributed by atoms with van der Waals surface area (Å²) in [5.41, 5.74) is 0.569. The Morgan fingerprint density at radius 3 is 1.23 bits per heavy atom. The highest BCUT2D eigenvalue weighted by Crippen LogP contribution is 2.17. The number of nitrogens with zero attached hydrogens (tertiary/aromatic N) is 5. The van der Waals surface area contributed by atoms with Crippen molar-refractivity contribution in [2.75, 3.05) is 132 Å². The van der Waals surface area contributed by atoms with Crippen LogP contribution in [0.4, 0.5) is 5.69 Å². The van der Waals surface area contributed by atoms with Crippen LogP contribution in [0.2, 0.25) is 0 Å². The lowest BCUT2D eigenvalue weighted by molar-refractivity contribution is 0.0170. The predicted molar refractivity (Wildman–Crippen MR) is 293 cm³/mol. The molecule has 29 heteroatoms. The number of morpholine rings is 3. The molecule has 8 rings (SSSR count). The Kier molecular flexibility index (Phi) is 34.8. The molecule has 3 fully saturated rings. The van der Waals surface area contributed by atoms with Crippen LogP contribution in [0.5, 0.6) is 17.2 Å². The zero-order valence-electron chi connectivity index (χ0n) is 43.7. The Morgan fingerprint density at radius 2 is 0.850 bits per heavy atom. The van der Waals surface area contributed by atoms with E-state index in [1.807, 2.05) is 0 Å². The van der Waals surface area contributed by atoms with Crippen LogP contribution in [0, 0.1) is 0 Å². The lowest BCUT2D eigenvalue weighted by Crippen LogP contribution is -2.38. The molecule has 0 bridgehead atoms. The summed E-state index contributed by atoms with van der Waals surface area (Å²) < 4.78 is 143. The standard InChI is InChI=1S/C14H21NO5S.C13H19NO4S.C12H17NO4S.C7H8N2O3S.C5H5NO2S/c16-21(17)14-3-1-13(2-4-14)20-12-11-19-10-7-15-5-8-18-9-6-15;15-19(16)13-4-2-12(3-5-13)18-9-1-6-14-7-10-17-11-8-14;14-18(15)12-3-1-11(2-4-12)17-10-7-13-5-8-16-9-6-13;8-12-5-9-6-1-3-7(4-2-6)13(10)11;7-9(8)5-2-1-3-6-4-5/h1-4H,5-12H2,(H,16,17);2-5H,1,6-11H2,(H,15,16);1-4H,5-10H2,(H,14,15);1-5H,8H2,(H,10,11);1-4H,(H,7,8)/p-5. The Bertz CT molecular complexity index is 2580. The van der Waals surface area contributed by atoms with E-state index in [1.165, 1.54) is 54.9 Å². The number of ether oxygens (including phenoxy) is 7. The molecule has 0 saturated carbocycles. The molecule has 0 spiro atoms. The second-order valence-corrected chi connectivity index (χ2v) is 21.2. The van der Waals surface area contributed by atoms with Crippen molar-refractivity contribution in [1.82, 2.24) is 19.7 Å². The van der Waals surface area contributed by atoms with Crippen LogP contribution < -0.4 is 20.1 Å². The SMILES string of the molecule is NOC=Nc1ccc(S(=O)[O-])cc1.O=S([O-])c1ccc(OCCCN2CCOCC2)cc1.O=S([O-])c1ccc(OCCN2CCOCC2)cc1.O=S([O-])c1ccc(OCCOCCN2CCOCC2)cc1.O=S([O-])c1cccnc1. The Labute approximate surface area is 478 Å². The summed E-state index contributed by atoms with van der Waals surface area (Å²) in [6.45, 7) is 16.2. The van der Waals surface area contributed by atoms with E-state index in [-0.39, 0.29) is 24.5 Å². The molecule has 0 radical (unpaired) electrons. The van der Waals surface area contributed by atoms with E-state index in [4.69, 9.17) is 39.1 Å². The maximum atomic E-state index is 10.7. The van der Waals surface area contributed by atoms with Gasteiger partial charge in [0.1, 0.15) is 30.5 Å². The maximum absolute atomic E-state index is 10.7. The van der Waals surface area contributed by atoms with Gasteiger partial charge in [-0.1, -0.05) is 0 Å². The van der Waals surface area contributed by atoms with E-state index in [1.54, 1.807) is 66.7 Å². The molecule has 3 saturated heterocycles. The first kappa shape index (κ1) is 67.6. The molecule has 5 unspecified atom stereocenters. The second kappa shape index (κ2) is 41.2. The molecule has 4 heterocycles. The third-order valence-electron chi connectivity index (χ3n) is 11.1. The molecule has 4 aromatic carbocycles. The number of aromatic nitrogens is 1. The monoisotopic (exact) mass is 1210 g/mol. The smallest absolute Gasteiger partial charge is 0.201 e. The highest BCUT2D eigenvalue weighted by molar-refractivity contribution is 7.80. The molecule has 3 aliphatic rings. The minimum absolute atomic E-state index is 0.215. The minimum atomic E-state index is -2.20. The quantitative estimate of drug-likeness (QED) is 0.0323. The van der Waals surface area contributed by atoms with E-state index < -0.39 is 55.4 Å². The lowest BCUT2D eigenvalue weighted by atomic mass is 10.3. The summed E-state index contributed by atoms with van der Waals surface area (Å²) >= 11 is -10.9. The van der Waals surface area contributed by atoms with Gasteiger partial charge in [0, 0.05) is 95.8 Å². The van der Waals surface area contributed by atoms with Crippen molar-refractivity contribution in [3.8, 4) is 17.2 Å². The van der Waals surface area contributed by atoms with E-state index >= 15 is 0 Å². The fraction of sp³-hybridized carbons (Fsp3) is 0.412. The highest BCUT2D eigenvalue weighted by atomic mass is 32.2. The molecule has 0 amide bonds. The van der Waals surface area contributed by atoms with Gasteiger partial charge in [-0.15, -0.1) is 0 Å². The topological polar surface area (TPSA) is 335 Å². The number of aliphatic imine (C=N–C) groups is 1. The van der Waals surface area contributed by atoms with Crippen LogP contribution >= 0.6 is 0 Å². The van der Waals surface area contributed by atoms with Crippen LogP contribution in [-0.4, -0.2) is 201 Å². The molecule has 5 aromatic rings. The van der Waals surface area contributed by atoms with E-state index in [2.05, 4.69) is 29.5 Å². The van der Waals surface area contributed by atoms with Gasteiger partial charge in [0.15, 0.2) is 0 Å². The van der Waals surface area contributed by atoms with Crippen molar-refractivity contribution in [3.05, 3.63) is 122 Å². The maximum Gasteiger partial charge on any atom is 0.201 e. The van der Waals surface area contributed by atoms with Gasteiger partial charge >= 0.3 is 0 Å². The average Bonchev–Trinajstić information content (AvgIpc) is 3.49. The first-order valence-electron chi connectivity index (χ1n) is 24.8. The van der Waals surface area contributed by atoms with E-state index in [0.29, 0.717) is 56.0 Å². The van der Waals surface area contributed by atoms with Gasteiger partial charge in [-0.25, -0.2) is 4.99 Å².